The lowest BCUT2D eigenvalue weighted by Gasteiger charge is -2.28. The number of aliphatic carboxylic acids is 1. The number of carboxylic acids is 1. The zero-order valence-electron chi connectivity index (χ0n) is 10.8. The minimum Gasteiger partial charge on any atom is -0.497 e. The topological polar surface area (TPSA) is 72.8 Å². The van der Waals surface area contributed by atoms with Gasteiger partial charge in [-0.2, -0.15) is 0 Å². The number of hydrogen-bond acceptors (Lipinski definition) is 4. The molecule has 19 heavy (non-hydrogen) atoms. The molecule has 0 fully saturated rings. The summed E-state index contributed by atoms with van der Waals surface area (Å²) in [6, 6.07) is 6.57. The fourth-order valence-corrected chi connectivity index (χ4v) is 1.89. The van der Waals surface area contributed by atoms with Crippen LogP contribution >= 0.6 is 11.6 Å². The number of carboxylic acid groups (broad SMARTS) is 1. The lowest BCUT2D eigenvalue weighted by Crippen LogP contribution is -2.41. The Balaban J connectivity index is 3.09. The van der Waals surface area contributed by atoms with Crippen molar-refractivity contribution in [1.29, 1.82) is 0 Å². The zero-order valence-corrected chi connectivity index (χ0v) is 11.6. The minimum atomic E-state index is -1.47. The Bertz CT molecular complexity index is 466. The summed E-state index contributed by atoms with van der Waals surface area (Å²) in [7, 11) is 1.52. The van der Waals surface area contributed by atoms with E-state index in [0.29, 0.717) is 11.3 Å². The number of rotatable bonds is 5. The fourth-order valence-electron chi connectivity index (χ4n) is 1.63. The molecule has 0 bridgehead atoms. The van der Waals surface area contributed by atoms with Crippen molar-refractivity contribution >= 4 is 23.5 Å². The Hall–Kier alpha value is -1.75. The largest absolute Gasteiger partial charge is 0.497 e. The predicted molar refractivity (Wildman–Crippen MR) is 69.4 cm³/mol. The standard InChI is InChI=1S/C13H15ClO5/c1-8(15)19-11(12(16)17)13(2,14)9-4-6-10(18-3)7-5-9/h4-7,11H,1-3H3,(H,16,17). The van der Waals surface area contributed by atoms with E-state index in [-0.39, 0.29) is 0 Å². The van der Waals surface area contributed by atoms with Crippen LogP contribution in [-0.2, 0) is 19.2 Å². The van der Waals surface area contributed by atoms with E-state index in [0.717, 1.165) is 6.92 Å². The Morgan fingerprint density at radius 2 is 1.84 bits per heavy atom. The van der Waals surface area contributed by atoms with Gasteiger partial charge in [-0.15, -0.1) is 11.6 Å². The van der Waals surface area contributed by atoms with E-state index in [1.54, 1.807) is 24.3 Å². The molecule has 1 aromatic carbocycles. The van der Waals surface area contributed by atoms with Gasteiger partial charge in [-0.3, -0.25) is 4.79 Å². The number of benzene rings is 1. The van der Waals surface area contributed by atoms with Gasteiger partial charge in [0.15, 0.2) is 0 Å². The van der Waals surface area contributed by atoms with Gasteiger partial charge in [-0.25, -0.2) is 4.79 Å². The van der Waals surface area contributed by atoms with Crippen molar-refractivity contribution in [2.75, 3.05) is 7.11 Å². The summed E-state index contributed by atoms with van der Waals surface area (Å²) in [6.45, 7) is 2.62. The van der Waals surface area contributed by atoms with Gasteiger partial charge in [0.05, 0.1) is 7.11 Å². The molecule has 0 aliphatic carbocycles. The van der Waals surface area contributed by atoms with Gasteiger partial charge in [0, 0.05) is 6.92 Å². The molecule has 0 aliphatic rings. The maximum atomic E-state index is 11.2. The molecule has 5 nitrogen and oxygen atoms in total. The summed E-state index contributed by atoms with van der Waals surface area (Å²) in [5, 5.41) is 9.13. The molecule has 1 aromatic rings. The van der Waals surface area contributed by atoms with Gasteiger partial charge < -0.3 is 14.6 Å². The van der Waals surface area contributed by atoms with Gasteiger partial charge in [0.2, 0.25) is 6.10 Å². The molecule has 0 aliphatic heterocycles. The van der Waals surface area contributed by atoms with Crippen LogP contribution in [0.4, 0.5) is 0 Å². The highest BCUT2D eigenvalue weighted by molar-refractivity contribution is 6.25. The number of halogens is 1. The number of carbonyl (C=O) groups excluding carboxylic acids is 1. The Labute approximate surface area is 116 Å². The highest BCUT2D eigenvalue weighted by Gasteiger charge is 2.42. The maximum absolute atomic E-state index is 11.2. The summed E-state index contributed by atoms with van der Waals surface area (Å²) in [5.41, 5.74) is 0.517. The molecule has 1 rings (SSSR count). The Kier molecular flexibility index (Phi) is 4.78. The lowest BCUT2D eigenvalue weighted by molar-refractivity contribution is -0.165. The molecule has 0 aromatic heterocycles. The average Bonchev–Trinajstić information content (AvgIpc) is 2.35. The number of alkyl halides is 1. The fraction of sp³-hybridized carbons (Fsp3) is 0.385. The molecule has 0 radical (unpaired) electrons. The van der Waals surface area contributed by atoms with E-state index in [1.807, 2.05) is 0 Å². The third kappa shape index (κ3) is 3.61. The molecule has 2 unspecified atom stereocenters. The quantitative estimate of drug-likeness (QED) is 0.663. The van der Waals surface area contributed by atoms with Crippen molar-refractivity contribution < 1.29 is 24.2 Å². The van der Waals surface area contributed by atoms with Crippen LogP contribution in [0.15, 0.2) is 24.3 Å². The summed E-state index contributed by atoms with van der Waals surface area (Å²) in [6.07, 6.45) is -1.47. The van der Waals surface area contributed by atoms with Crippen LogP contribution in [0.25, 0.3) is 0 Å². The molecule has 0 saturated carbocycles. The van der Waals surface area contributed by atoms with Crippen molar-refractivity contribution in [1.82, 2.24) is 0 Å². The maximum Gasteiger partial charge on any atom is 0.347 e. The molecule has 0 amide bonds. The van der Waals surface area contributed by atoms with E-state index < -0.39 is 22.9 Å². The number of esters is 1. The molecule has 104 valence electrons. The second-order valence-corrected chi connectivity index (χ2v) is 4.92. The molecule has 0 saturated heterocycles. The second kappa shape index (κ2) is 5.93. The SMILES string of the molecule is COc1ccc(C(C)(Cl)C(OC(C)=O)C(=O)O)cc1. The van der Waals surface area contributed by atoms with Crippen LogP contribution in [0.5, 0.6) is 5.75 Å². The molecule has 0 spiro atoms. The minimum absolute atomic E-state index is 0.517. The van der Waals surface area contributed by atoms with Crippen LogP contribution in [-0.4, -0.2) is 30.3 Å². The van der Waals surface area contributed by atoms with E-state index in [1.165, 1.54) is 14.0 Å². The third-order valence-corrected chi connectivity index (χ3v) is 3.07. The predicted octanol–water partition coefficient (Wildman–Crippen LogP) is 2.17. The van der Waals surface area contributed by atoms with Crippen LogP contribution in [0.1, 0.15) is 19.4 Å². The number of ether oxygens (including phenoxy) is 2. The smallest absolute Gasteiger partial charge is 0.347 e. The van der Waals surface area contributed by atoms with Crippen molar-refractivity contribution in [3.8, 4) is 5.75 Å². The van der Waals surface area contributed by atoms with Crippen LogP contribution in [0, 0.1) is 0 Å². The van der Waals surface area contributed by atoms with Gasteiger partial charge >= 0.3 is 11.9 Å². The first kappa shape index (κ1) is 15.3. The van der Waals surface area contributed by atoms with E-state index in [4.69, 9.17) is 26.2 Å². The van der Waals surface area contributed by atoms with Gasteiger partial charge in [-0.05, 0) is 24.6 Å². The van der Waals surface area contributed by atoms with Crippen molar-refractivity contribution in [3.05, 3.63) is 29.8 Å². The van der Waals surface area contributed by atoms with Crippen molar-refractivity contribution in [3.63, 3.8) is 0 Å². The van der Waals surface area contributed by atoms with Crippen LogP contribution < -0.4 is 4.74 Å². The summed E-state index contributed by atoms with van der Waals surface area (Å²) in [4.78, 5) is 20.8. The number of carbonyl (C=O) groups is 2. The lowest BCUT2D eigenvalue weighted by atomic mass is 9.94. The van der Waals surface area contributed by atoms with E-state index in [2.05, 4.69) is 0 Å². The number of hydrogen-bond donors (Lipinski definition) is 1. The summed E-state index contributed by atoms with van der Waals surface area (Å²) >= 11 is 6.26. The van der Waals surface area contributed by atoms with E-state index >= 15 is 0 Å². The van der Waals surface area contributed by atoms with Crippen molar-refractivity contribution in [2.45, 2.75) is 24.8 Å². The second-order valence-electron chi connectivity index (χ2n) is 4.13. The monoisotopic (exact) mass is 286 g/mol. The van der Waals surface area contributed by atoms with Gasteiger partial charge in [0.25, 0.3) is 0 Å². The first-order valence-electron chi connectivity index (χ1n) is 5.52. The first-order chi connectivity index (χ1) is 8.78. The molecule has 0 heterocycles. The highest BCUT2D eigenvalue weighted by Crippen LogP contribution is 2.35. The van der Waals surface area contributed by atoms with Gasteiger partial charge in [0.1, 0.15) is 10.6 Å². The molecular weight excluding hydrogens is 272 g/mol. The molecular formula is C13H15ClO5. The summed E-state index contributed by atoms with van der Waals surface area (Å²) in [5.74, 6) is -1.38. The highest BCUT2D eigenvalue weighted by atomic mass is 35.5. The Morgan fingerprint density at radius 3 is 2.21 bits per heavy atom. The van der Waals surface area contributed by atoms with Crippen molar-refractivity contribution in [2.24, 2.45) is 0 Å². The Morgan fingerprint density at radius 1 is 1.32 bits per heavy atom. The third-order valence-electron chi connectivity index (χ3n) is 2.65. The molecule has 1 N–H and O–H groups in total. The normalized spacial score (nSPS) is 15.2. The zero-order chi connectivity index (χ0) is 14.6. The van der Waals surface area contributed by atoms with Crippen LogP contribution in [0.3, 0.4) is 0 Å². The molecule has 2 atom stereocenters. The van der Waals surface area contributed by atoms with Gasteiger partial charge in [-0.1, -0.05) is 12.1 Å². The number of methoxy groups -OCH3 is 1. The first-order valence-corrected chi connectivity index (χ1v) is 5.90. The summed E-state index contributed by atoms with van der Waals surface area (Å²) < 4.78 is 9.80. The van der Waals surface area contributed by atoms with E-state index in [9.17, 15) is 9.59 Å². The molecule has 6 heteroatoms. The average molecular weight is 287 g/mol. The van der Waals surface area contributed by atoms with Crippen LogP contribution in [0.2, 0.25) is 0 Å².